The van der Waals surface area contributed by atoms with E-state index in [1.807, 2.05) is 61.4 Å². The number of nitrogens with zero attached hydrogens (tertiary/aromatic N) is 3. The zero-order valence-corrected chi connectivity index (χ0v) is 18.1. The van der Waals surface area contributed by atoms with Gasteiger partial charge in [-0.1, -0.05) is 31.4 Å². The lowest BCUT2D eigenvalue weighted by atomic mass is 9.89. The van der Waals surface area contributed by atoms with Gasteiger partial charge >= 0.3 is 0 Å². The van der Waals surface area contributed by atoms with E-state index in [9.17, 15) is 9.59 Å². The Morgan fingerprint density at radius 3 is 2.41 bits per heavy atom. The molecule has 1 fully saturated rings. The Balaban J connectivity index is 1.80. The molecule has 1 aromatic heterocycles. The zero-order valence-electron chi connectivity index (χ0n) is 18.1. The monoisotopic (exact) mass is 398 g/mol. The van der Waals surface area contributed by atoms with Crippen molar-refractivity contribution in [2.75, 3.05) is 0 Å². The number of imidazole rings is 1. The molecule has 0 unspecified atom stereocenters. The Labute approximate surface area is 173 Å². The molecule has 1 aliphatic carbocycles. The van der Waals surface area contributed by atoms with Gasteiger partial charge in [-0.3, -0.25) is 9.59 Å². The number of rotatable bonds is 7. The normalized spacial score (nSPS) is 15.2. The molecule has 1 aromatic carbocycles. The minimum atomic E-state index is 0.0676. The average molecular weight is 399 g/mol. The van der Waals surface area contributed by atoms with E-state index in [-0.39, 0.29) is 36.4 Å². The fraction of sp³-hybridized carbons (Fsp3) is 0.609. The molecule has 3 rings (SSSR count). The van der Waals surface area contributed by atoms with Crippen LogP contribution in [0.2, 0.25) is 0 Å². The molecule has 6 heteroatoms. The van der Waals surface area contributed by atoms with Gasteiger partial charge in [0, 0.05) is 18.0 Å². The van der Waals surface area contributed by atoms with Gasteiger partial charge in [-0.2, -0.15) is 0 Å². The lowest BCUT2D eigenvalue weighted by Crippen LogP contribution is -2.44. The molecule has 0 radical (unpaired) electrons. The Bertz CT molecular complexity index is 842. The first-order valence-corrected chi connectivity index (χ1v) is 10.9. The highest BCUT2D eigenvalue weighted by Gasteiger charge is 2.24. The average Bonchev–Trinajstić information content (AvgIpc) is 3.03. The van der Waals surface area contributed by atoms with Crippen LogP contribution in [0.5, 0.6) is 0 Å². The van der Waals surface area contributed by atoms with Crippen LogP contribution in [0.1, 0.15) is 65.6 Å². The molecule has 1 heterocycles. The minimum Gasteiger partial charge on any atom is -0.349 e. The van der Waals surface area contributed by atoms with E-state index >= 15 is 0 Å². The van der Waals surface area contributed by atoms with E-state index in [1.54, 1.807) is 0 Å². The molecule has 0 atom stereocenters. The highest BCUT2D eigenvalue weighted by molar-refractivity contribution is 5.82. The summed E-state index contributed by atoms with van der Waals surface area (Å²) in [6, 6.07) is 8.10. The topological polar surface area (TPSA) is 67.2 Å². The Kier molecular flexibility index (Phi) is 6.93. The number of para-hydroxylation sites is 2. The third-order valence-corrected chi connectivity index (χ3v) is 5.82. The number of hydrogen-bond acceptors (Lipinski definition) is 3. The van der Waals surface area contributed by atoms with Crippen molar-refractivity contribution in [3.63, 3.8) is 0 Å². The molecule has 0 spiro atoms. The molecule has 0 saturated heterocycles. The third-order valence-electron chi connectivity index (χ3n) is 5.82. The molecule has 1 saturated carbocycles. The Morgan fingerprint density at radius 1 is 1.10 bits per heavy atom. The number of carbonyl (C=O) groups excluding carboxylic acids is 2. The number of fused-ring (bicyclic) bond motifs is 1. The summed E-state index contributed by atoms with van der Waals surface area (Å²) in [4.78, 5) is 32.3. The summed E-state index contributed by atoms with van der Waals surface area (Å²) in [5.41, 5.74) is 1.78. The van der Waals surface area contributed by atoms with Gasteiger partial charge in [-0.05, 0) is 52.7 Å². The van der Waals surface area contributed by atoms with Crippen molar-refractivity contribution in [2.45, 2.75) is 85.0 Å². The zero-order chi connectivity index (χ0) is 21.0. The van der Waals surface area contributed by atoms with Crippen LogP contribution in [0.4, 0.5) is 0 Å². The predicted octanol–water partition coefficient (Wildman–Crippen LogP) is 3.88. The molecule has 0 aliphatic heterocycles. The van der Waals surface area contributed by atoms with Gasteiger partial charge < -0.3 is 14.8 Å². The Morgan fingerprint density at radius 2 is 1.76 bits per heavy atom. The highest BCUT2D eigenvalue weighted by atomic mass is 16.2. The van der Waals surface area contributed by atoms with Crippen LogP contribution in [0, 0.1) is 5.92 Å². The fourth-order valence-corrected chi connectivity index (χ4v) is 4.50. The smallest absolute Gasteiger partial charge is 0.243 e. The minimum absolute atomic E-state index is 0.0676. The number of benzene rings is 1. The van der Waals surface area contributed by atoms with Crippen LogP contribution < -0.4 is 5.32 Å². The summed E-state index contributed by atoms with van der Waals surface area (Å²) < 4.78 is 1.95. The second kappa shape index (κ2) is 9.42. The molecule has 1 N–H and O–H groups in total. The van der Waals surface area contributed by atoms with E-state index in [4.69, 9.17) is 4.98 Å². The second-order valence-corrected chi connectivity index (χ2v) is 8.64. The van der Waals surface area contributed by atoms with Crippen molar-refractivity contribution in [2.24, 2.45) is 5.92 Å². The highest BCUT2D eigenvalue weighted by Crippen LogP contribution is 2.24. The largest absolute Gasteiger partial charge is 0.349 e. The summed E-state index contributed by atoms with van der Waals surface area (Å²) >= 11 is 0. The summed E-state index contributed by atoms with van der Waals surface area (Å²) in [7, 11) is 0. The van der Waals surface area contributed by atoms with Crippen molar-refractivity contribution in [1.82, 2.24) is 19.8 Å². The number of carbonyl (C=O) groups is 2. The maximum atomic E-state index is 13.1. The van der Waals surface area contributed by atoms with E-state index in [0.717, 1.165) is 42.5 Å². The van der Waals surface area contributed by atoms with Gasteiger partial charge in [-0.25, -0.2) is 4.98 Å². The molecule has 0 bridgehead atoms. The summed E-state index contributed by atoms with van der Waals surface area (Å²) in [5, 5.41) is 3.07. The number of nitrogens with one attached hydrogen (secondary N) is 1. The molecule has 1 aliphatic rings. The molecule has 29 heavy (non-hydrogen) atoms. The number of hydrogen-bond donors (Lipinski definition) is 1. The van der Waals surface area contributed by atoms with Crippen LogP contribution in [0.15, 0.2) is 24.3 Å². The first kappa shape index (κ1) is 21.3. The van der Waals surface area contributed by atoms with E-state index in [1.165, 1.54) is 6.42 Å². The number of aromatic nitrogens is 2. The van der Waals surface area contributed by atoms with Gasteiger partial charge in [0.15, 0.2) is 0 Å². The third kappa shape index (κ3) is 4.98. The standard InChI is InChI=1S/C23H34N4O2/c1-16(2)27(17(3)4)22(28)15-26-20-13-9-8-12-19(20)25-21(26)14-24-23(29)18-10-6-5-7-11-18/h8-9,12-13,16-18H,5-7,10-11,14-15H2,1-4H3,(H,24,29). The SMILES string of the molecule is CC(C)N(C(=O)Cn1c(CNC(=O)C2CCCCC2)nc2ccccc21)C(C)C. The van der Waals surface area contributed by atoms with Crippen molar-refractivity contribution in [1.29, 1.82) is 0 Å². The van der Waals surface area contributed by atoms with Crippen LogP contribution >= 0.6 is 0 Å². The van der Waals surface area contributed by atoms with E-state index in [0.29, 0.717) is 6.54 Å². The molecule has 6 nitrogen and oxygen atoms in total. The maximum absolute atomic E-state index is 13.1. The quantitative estimate of drug-likeness (QED) is 0.770. The molecule has 2 aromatic rings. The Hall–Kier alpha value is -2.37. The van der Waals surface area contributed by atoms with Gasteiger partial charge in [0.2, 0.25) is 11.8 Å². The van der Waals surface area contributed by atoms with Crippen molar-refractivity contribution in [3.8, 4) is 0 Å². The summed E-state index contributed by atoms with van der Waals surface area (Å²) in [5.74, 6) is 1.02. The second-order valence-electron chi connectivity index (χ2n) is 8.64. The predicted molar refractivity (Wildman–Crippen MR) is 115 cm³/mol. The summed E-state index contributed by atoms with van der Waals surface area (Å²) in [6.45, 7) is 8.72. The molecular weight excluding hydrogens is 364 g/mol. The van der Waals surface area contributed by atoms with Gasteiger partial charge in [0.25, 0.3) is 0 Å². The lowest BCUT2D eigenvalue weighted by Gasteiger charge is -2.31. The fourth-order valence-electron chi connectivity index (χ4n) is 4.50. The molecule has 2 amide bonds. The first-order chi connectivity index (χ1) is 13.9. The van der Waals surface area contributed by atoms with Gasteiger partial charge in [0.1, 0.15) is 12.4 Å². The van der Waals surface area contributed by atoms with Crippen LogP contribution in [-0.4, -0.2) is 38.3 Å². The maximum Gasteiger partial charge on any atom is 0.243 e. The lowest BCUT2D eigenvalue weighted by molar-refractivity contribution is -0.135. The van der Waals surface area contributed by atoms with Crippen molar-refractivity contribution < 1.29 is 9.59 Å². The van der Waals surface area contributed by atoms with Crippen LogP contribution in [0.3, 0.4) is 0 Å². The van der Waals surface area contributed by atoms with Gasteiger partial charge in [-0.15, -0.1) is 0 Å². The van der Waals surface area contributed by atoms with Crippen molar-refractivity contribution in [3.05, 3.63) is 30.1 Å². The molecular formula is C23H34N4O2. The molecule has 158 valence electrons. The van der Waals surface area contributed by atoms with Crippen molar-refractivity contribution >= 4 is 22.8 Å². The first-order valence-electron chi connectivity index (χ1n) is 10.9. The van der Waals surface area contributed by atoms with E-state index < -0.39 is 0 Å². The number of amides is 2. The summed E-state index contributed by atoms with van der Waals surface area (Å²) in [6.07, 6.45) is 5.43. The van der Waals surface area contributed by atoms with Gasteiger partial charge in [0.05, 0.1) is 17.6 Å². The van der Waals surface area contributed by atoms with Crippen LogP contribution in [-0.2, 0) is 22.7 Å². The van der Waals surface area contributed by atoms with Crippen LogP contribution in [0.25, 0.3) is 11.0 Å². The van der Waals surface area contributed by atoms with E-state index in [2.05, 4.69) is 5.32 Å².